The van der Waals surface area contributed by atoms with Crippen molar-refractivity contribution in [2.45, 2.75) is 33.2 Å². The average molecular weight is 322 g/mol. The zero-order chi connectivity index (χ0) is 16.3. The van der Waals surface area contributed by atoms with Crippen molar-refractivity contribution < 1.29 is 14.7 Å². The molecule has 2 amide bonds. The van der Waals surface area contributed by atoms with Crippen LogP contribution in [0.25, 0.3) is 0 Å². The van der Waals surface area contributed by atoms with Gasteiger partial charge in [0.15, 0.2) is 0 Å². The van der Waals surface area contributed by atoms with Crippen LogP contribution in [0.15, 0.2) is 24.3 Å². The molecule has 22 heavy (non-hydrogen) atoms. The minimum absolute atomic E-state index is 0.00469. The fourth-order valence-corrected chi connectivity index (χ4v) is 3.44. The molecule has 0 aromatic heterocycles. The minimum Gasteiger partial charge on any atom is -0.506 e. The molecule has 0 spiro atoms. The van der Waals surface area contributed by atoms with E-state index < -0.39 is 6.04 Å². The second kappa shape index (κ2) is 6.60. The molecule has 1 fully saturated rings. The molecule has 0 radical (unpaired) electrons. The first-order valence-electron chi connectivity index (χ1n) is 7.24. The predicted molar refractivity (Wildman–Crippen MR) is 88.8 cm³/mol. The maximum absolute atomic E-state index is 12.4. The zero-order valence-electron chi connectivity index (χ0n) is 13.1. The summed E-state index contributed by atoms with van der Waals surface area (Å²) in [5.41, 5.74) is 0.260. The zero-order valence-corrected chi connectivity index (χ0v) is 13.9. The molecule has 1 unspecified atom stereocenters. The summed E-state index contributed by atoms with van der Waals surface area (Å²) in [4.78, 5) is 26.4. The monoisotopic (exact) mass is 322 g/mol. The van der Waals surface area contributed by atoms with Crippen LogP contribution < -0.4 is 5.32 Å². The highest BCUT2D eigenvalue weighted by atomic mass is 32.2. The summed E-state index contributed by atoms with van der Waals surface area (Å²) < 4.78 is 0. The Morgan fingerprint density at radius 3 is 2.68 bits per heavy atom. The molecule has 1 aromatic rings. The van der Waals surface area contributed by atoms with E-state index in [-0.39, 0.29) is 23.0 Å². The van der Waals surface area contributed by atoms with Crippen LogP contribution in [0.2, 0.25) is 0 Å². The van der Waals surface area contributed by atoms with Gasteiger partial charge < -0.3 is 15.3 Å². The number of amides is 2. The topological polar surface area (TPSA) is 69.6 Å². The molecule has 6 heteroatoms. The first kappa shape index (κ1) is 16.7. The predicted octanol–water partition coefficient (Wildman–Crippen LogP) is 2.67. The third-order valence-corrected chi connectivity index (χ3v) is 4.36. The summed E-state index contributed by atoms with van der Waals surface area (Å²) >= 11 is 1.57. The molecular formula is C16H22N2O3S. The molecular weight excluding hydrogens is 300 g/mol. The van der Waals surface area contributed by atoms with Gasteiger partial charge in [-0.15, -0.1) is 11.8 Å². The van der Waals surface area contributed by atoms with E-state index in [0.717, 1.165) is 0 Å². The standard InChI is InChI=1S/C16H22N2O3S/c1-16(2,3)8-14(20)18-10-22-9-12(18)15(21)17-11-6-4-5-7-13(11)19/h4-7,12,19H,8-10H2,1-3H3,(H,17,21). The third-order valence-electron chi connectivity index (χ3n) is 3.35. The number of hydrogen-bond donors (Lipinski definition) is 2. The summed E-state index contributed by atoms with van der Waals surface area (Å²) in [6, 6.07) is 6.09. The van der Waals surface area contributed by atoms with Gasteiger partial charge >= 0.3 is 0 Å². The van der Waals surface area contributed by atoms with Crippen LogP contribution in [0.1, 0.15) is 27.2 Å². The van der Waals surface area contributed by atoms with E-state index in [2.05, 4.69) is 5.32 Å². The molecule has 0 bridgehead atoms. The van der Waals surface area contributed by atoms with Crippen LogP contribution in [0, 0.1) is 5.41 Å². The Hall–Kier alpha value is -1.69. The van der Waals surface area contributed by atoms with Gasteiger partial charge in [-0.2, -0.15) is 0 Å². The van der Waals surface area contributed by atoms with Gasteiger partial charge in [0.1, 0.15) is 11.8 Å². The largest absolute Gasteiger partial charge is 0.506 e. The van der Waals surface area contributed by atoms with Crippen LogP contribution in [-0.4, -0.2) is 39.5 Å². The Kier molecular flexibility index (Phi) is 5.01. The van der Waals surface area contributed by atoms with Crippen molar-refractivity contribution >= 4 is 29.3 Å². The molecule has 1 aliphatic heterocycles. The van der Waals surface area contributed by atoms with E-state index >= 15 is 0 Å². The second-order valence-corrected chi connectivity index (χ2v) is 7.62. The lowest BCUT2D eigenvalue weighted by Crippen LogP contribution is -2.45. The highest BCUT2D eigenvalue weighted by molar-refractivity contribution is 7.99. The number of hydrogen-bond acceptors (Lipinski definition) is 4. The molecule has 5 nitrogen and oxygen atoms in total. The number of nitrogens with one attached hydrogen (secondary N) is 1. The highest BCUT2D eigenvalue weighted by Gasteiger charge is 2.36. The summed E-state index contributed by atoms with van der Waals surface area (Å²) in [5, 5.41) is 12.4. The Morgan fingerprint density at radius 1 is 1.36 bits per heavy atom. The Morgan fingerprint density at radius 2 is 2.05 bits per heavy atom. The van der Waals surface area contributed by atoms with E-state index in [1.807, 2.05) is 20.8 Å². The number of phenolic OH excluding ortho intramolecular Hbond substituents is 1. The van der Waals surface area contributed by atoms with Crippen LogP contribution in [0.3, 0.4) is 0 Å². The number of anilines is 1. The Bertz CT molecular complexity index is 569. The van der Waals surface area contributed by atoms with Crippen LogP contribution in [-0.2, 0) is 9.59 Å². The number of phenols is 1. The molecule has 2 N–H and O–H groups in total. The van der Waals surface area contributed by atoms with E-state index in [1.54, 1.807) is 34.9 Å². The number of rotatable bonds is 3. The molecule has 1 atom stereocenters. The van der Waals surface area contributed by atoms with Crippen molar-refractivity contribution in [2.75, 3.05) is 16.9 Å². The van der Waals surface area contributed by atoms with Gasteiger partial charge in [0.2, 0.25) is 11.8 Å². The Labute approximate surface area is 135 Å². The fraction of sp³-hybridized carbons (Fsp3) is 0.500. The maximum Gasteiger partial charge on any atom is 0.248 e. The lowest BCUT2D eigenvalue weighted by molar-refractivity contribution is -0.137. The quantitative estimate of drug-likeness (QED) is 0.840. The third kappa shape index (κ3) is 4.16. The molecule has 0 aliphatic carbocycles. The number of carbonyl (C=O) groups excluding carboxylic acids is 2. The van der Waals surface area contributed by atoms with Gasteiger partial charge in [-0.05, 0) is 17.5 Å². The SMILES string of the molecule is CC(C)(C)CC(=O)N1CSCC1C(=O)Nc1ccccc1O. The van der Waals surface area contributed by atoms with Gasteiger partial charge in [-0.3, -0.25) is 9.59 Å². The number of nitrogens with zero attached hydrogens (tertiary/aromatic N) is 1. The minimum atomic E-state index is -0.487. The molecule has 2 rings (SSSR count). The van der Waals surface area contributed by atoms with E-state index in [1.165, 1.54) is 6.07 Å². The average Bonchev–Trinajstić information content (AvgIpc) is 2.89. The van der Waals surface area contributed by atoms with E-state index in [4.69, 9.17) is 0 Å². The van der Waals surface area contributed by atoms with Crippen LogP contribution in [0.4, 0.5) is 5.69 Å². The van der Waals surface area contributed by atoms with Gasteiger partial charge in [-0.25, -0.2) is 0 Å². The molecule has 1 saturated heterocycles. The van der Waals surface area contributed by atoms with Crippen LogP contribution >= 0.6 is 11.8 Å². The number of para-hydroxylation sites is 2. The lowest BCUT2D eigenvalue weighted by Gasteiger charge is -2.26. The first-order chi connectivity index (χ1) is 10.3. The van der Waals surface area contributed by atoms with Crippen molar-refractivity contribution in [3.63, 3.8) is 0 Å². The fourth-order valence-electron chi connectivity index (χ4n) is 2.26. The van der Waals surface area contributed by atoms with Crippen molar-refractivity contribution in [3.05, 3.63) is 24.3 Å². The van der Waals surface area contributed by atoms with Crippen molar-refractivity contribution in [3.8, 4) is 5.75 Å². The summed E-state index contributed by atoms with van der Waals surface area (Å²) in [6.07, 6.45) is 0.411. The summed E-state index contributed by atoms with van der Waals surface area (Å²) in [6.45, 7) is 6.02. The molecule has 1 aromatic carbocycles. The van der Waals surface area contributed by atoms with E-state index in [9.17, 15) is 14.7 Å². The van der Waals surface area contributed by atoms with Gasteiger partial charge in [-0.1, -0.05) is 32.9 Å². The second-order valence-electron chi connectivity index (χ2n) is 6.62. The molecule has 1 heterocycles. The van der Waals surface area contributed by atoms with E-state index in [0.29, 0.717) is 23.7 Å². The Balaban J connectivity index is 2.05. The molecule has 1 aliphatic rings. The molecule has 0 saturated carbocycles. The normalized spacial score (nSPS) is 18.3. The van der Waals surface area contributed by atoms with Crippen LogP contribution in [0.5, 0.6) is 5.75 Å². The smallest absolute Gasteiger partial charge is 0.248 e. The number of thioether (sulfide) groups is 1. The van der Waals surface area contributed by atoms with Crippen molar-refractivity contribution in [1.82, 2.24) is 4.90 Å². The van der Waals surface area contributed by atoms with Gasteiger partial charge in [0.05, 0.1) is 11.6 Å². The number of benzene rings is 1. The number of carbonyl (C=O) groups is 2. The summed E-state index contributed by atoms with van der Waals surface area (Å²) in [5.74, 6) is 0.876. The van der Waals surface area contributed by atoms with Crippen molar-refractivity contribution in [1.29, 1.82) is 0 Å². The molecule has 120 valence electrons. The number of aromatic hydroxyl groups is 1. The van der Waals surface area contributed by atoms with Crippen molar-refractivity contribution in [2.24, 2.45) is 5.41 Å². The first-order valence-corrected chi connectivity index (χ1v) is 8.39. The highest BCUT2D eigenvalue weighted by Crippen LogP contribution is 2.28. The summed E-state index contributed by atoms with van der Waals surface area (Å²) in [7, 11) is 0. The van der Waals surface area contributed by atoms with Gasteiger partial charge in [0.25, 0.3) is 0 Å². The lowest BCUT2D eigenvalue weighted by atomic mass is 9.91. The van der Waals surface area contributed by atoms with Gasteiger partial charge in [0, 0.05) is 12.2 Å². The maximum atomic E-state index is 12.4.